The molecule has 1 aromatic carbocycles. The number of rotatable bonds is 4. The summed E-state index contributed by atoms with van der Waals surface area (Å²) in [6, 6.07) is 8.73. The summed E-state index contributed by atoms with van der Waals surface area (Å²) in [5.41, 5.74) is 0.0436. The van der Waals surface area contributed by atoms with Gasteiger partial charge < -0.3 is 5.32 Å². The molecule has 4 rings (SSSR count). The van der Waals surface area contributed by atoms with E-state index in [2.05, 4.69) is 15.3 Å². The van der Waals surface area contributed by atoms with Crippen molar-refractivity contribution in [2.24, 2.45) is 5.92 Å². The second-order valence-electron chi connectivity index (χ2n) is 6.24. The Hall–Kier alpha value is -2.74. The van der Waals surface area contributed by atoms with Crippen LogP contribution in [0.2, 0.25) is 0 Å². The fourth-order valence-electron chi connectivity index (χ4n) is 2.76. The number of thiazole rings is 1. The largest absolute Gasteiger partial charge is 0.417 e. The number of nitrogens with zero attached hydrogens (tertiary/aromatic N) is 2. The standard InChI is InChI=1S/C19H14F3N3OS/c20-19(21,22)14-6-2-1-4-12(14)16-13(5-3-9-23-16)15-10-24-18(27-15)25-17(26)11-7-8-11/h1-6,9-11H,7-8H2,(H,24,25,26). The third-order valence-corrected chi connectivity index (χ3v) is 5.19. The Morgan fingerprint density at radius 1 is 1.07 bits per heavy atom. The number of hydrogen-bond acceptors (Lipinski definition) is 4. The Kier molecular flexibility index (Phi) is 4.43. The molecule has 3 aromatic rings. The van der Waals surface area contributed by atoms with E-state index >= 15 is 0 Å². The lowest BCUT2D eigenvalue weighted by molar-refractivity contribution is -0.137. The second kappa shape index (κ2) is 6.77. The van der Waals surface area contributed by atoms with Crippen LogP contribution in [0, 0.1) is 5.92 Å². The number of nitrogens with one attached hydrogen (secondary N) is 1. The van der Waals surface area contributed by atoms with Crippen LogP contribution in [0.4, 0.5) is 18.3 Å². The minimum absolute atomic E-state index is 0.0116. The molecule has 2 aromatic heterocycles. The predicted octanol–water partition coefficient (Wildman–Crippen LogP) is 5.24. The summed E-state index contributed by atoms with van der Waals surface area (Å²) in [6.45, 7) is 0. The Labute approximate surface area is 157 Å². The molecule has 1 aliphatic carbocycles. The van der Waals surface area contributed by atoms with Gasteiger partial charge in [0.1, 0.15) is 0 Å². The van der Waals surface area contributed by atoms with Crippen molar-refractivity contribution in [1.29, 1.82) is 0 Å². The first-order chi connectivity index (χ1) is 12.9. The highest BCUT2D eigenvalue weighted by Crippen LogP contribution is 2.41. The summed E-state index contributed by atoms with van der Waals surface area (Å²) in [7, 11) is 0. The van der Waals surface area contributed by atoms with Crippen LogP contribution in [0.25, 0.3) is 21.7 Å². The van der Waals surface area contributed by atoms with Crippen molar-refractivity contribution in [3.63, 3.8) is 0 Å². The zero-order valence-electron chi connectivity index (χ0n) is 14.0. The average Bonchev–Trinajstić information content (AvgIpc) is 3.41. The average molecular weight is 389 g/mol. The molecule has 0 spiro atoms. The van der Waals surface area contributed by atoms with Crippen LogP contribution in [0.15, 0.2) is 48.8 Å². The van der Waals surface area contributed by atoms with Crippen LogP contribution >= 0.6 is 11.3 Å². The van der Waals surface area contributed by atoms with E-state index in [4.69, 9.17) is 0 Å². The lowest BCUT2D eigenvalue weighted by Crippen LogP contribution is -2.12. The van der Waals surface area contributed by atoms with E-state index in [9.17, 15) is 18.0 Å². The van der Waals surface area contributed by atoms with Gasteiger partial charge in [-0.15, -0.1) is 0 Å². The summed E-state index contributed by atoms with van der Waals surface area (Å²) < 4.78 is 40.2. The Bertz CT molecular complexity index is 996. The minimum atomic E-state index is -4.48. The van der Waals surface area contributed by atoms with Gasteiger partial charge in [0.25, 0.3) is 0 Å². The van der Waals surface area contributed by atoms with Gasteiger partial charge in [-0.2, -0.15) is 13.2 Å². The molecule has 0 aliphatic heterocycles. The van der Waals surface area contributed by atoms with Gasteiger partial charge in [0.05, 0.1) is 16.1 Å². The van der Waals surface area contributed by atoms with Crippen LogP contribution in [0.5, 0.6) is 0 Å². The van der Waals surface area contributed by atoms with Crippen LogP contribution < -0.4 is 5.32 Å². The Morgan fingerprint density at radius 3 is 2.56 bits per heavy atom. The molecule has 0 unspecified atom stereocenters. The number of aromatic nitrogens is 2. The molecule has 1 saturated carbocycles. The molecule has 0 radical (unpaired) electrons. The molecule has 8 heteroatoms. The monoisotopic (exact) mass is 389 g/mol. The maximum absolute atomic E-state index is 13.4. The molecule has 2 heterocycles. The first kappa shape index (κ1) is 17.7. The molecule has 1 fully saturated rings. The Balaban J connectivity index is 1.73. The number of hydrogen-bond donors (Lipinski definition) is 1. The number of alkyl halides is 3. The number of benzene rings is 1. The fraction of sp³-hybridized carbons (Fsp3) is 0.211. The normalized spacial score (nSPS) is 14.2. The first-order valence-electron chi connectivity index (χ1n) is 8.32. The summed E-state index contributed by atoms with van der Waals surface area (Å²) in [5, 5.41) is 3.19. The molecule has 0 atom stereocenters. The van der Waals surface area contributed by atoms with E-state index in [0.29, 0.717) is 15.6 Å². The number of pyridine rings is 1. The van der Waals surface area contributed by atoms with Gasteiger partial charge in [-0.1, -0.05) is 29.5 Å². The zero-order valence-corrected chi connectivity index (χ0v) is 14.8. The smallest absolute Gasteiger partial charge is 0.302 e. The lowest BCUT2D eigenvalue weighted by Gasteiger charge is -2.14. The number of carbonyl (C=O) groups is 1. The van der Waals surface area contributed by atoms with Gasteiger partial charge >= 0.3 is 6.18 Å². The molecular formula is C19H14F3N3OS. The summed E-state index contributed by atoms with van der Waals surface area (Å²) in [6.07, 6.45) is 0.283. The van der Waals surface area contributed by atoms with Crippen molar-refractivity contribution in [3.8, 4) is 21.7 Å². The van der Waals surface area contributed by atoms with E-state index in [-0.39, 0.29) is 23.1 Å². The highest BCUT2D eigenvalue weighted by Gasteiger charge is 2.34. The zero-order chi connectivity index (χ0) is 19.0. The molecule has 0 saturated heterocycles. The van der Waals surface area contributed by atoms with Crippen molar-refractivity contribution in [2.75, 3.05) is 5.32 Å². The molecule has 0 bridgehead atoms. The maximum Gasteiger partial charge on any atom is 0.417 e. The van der Waals surface area contributed by atoms with E-state index in [0.717, 1.165) is 18.9 Å². The number of anilines is 1. The highest BCUT2D eigenvalue weighted by atomic mass is 32.1. The van der Waals surface area contributed by atoms with E-state index in [1.807, 2.05) is 0 Å². The van der Waals surface area contributed by atoms with E-state index in [1.54, 1.807) is 24.4 Å². The highest BCUT2D eigenvalue weighted by molar-refractivity contribution is 7.19. The molecule has 138 valence electrons. The van der Waals surface area contributed by atoms with Gasteiger partial charge in [0.2, 0.25) is 5.91 Å². The van der Waals surface area contributed by atoms with Crippen molar-refractivity contribution < 1.29 is 18.0 Å². The third kappa shape index (κ3) is 3.71. The fourth-order valence-corrected chi connectivity index (χ4v) is 3.61. The molecular weight excluding hydrogens is 375 g/mol. The lowest BCUT2D eigenvalue weighted by atomic mass is 9.99. The van der Waals surface area contributed by atoms with Crippen LogP contribution in [-0.4, -0.2) is 15.9 Å². The molecule has 27 heavy (non-hydrogen) atoms. The van der Waals surface area contributed by atoms with E-state index < -0.39 is 11.7 Å². The quantitative estimate of drug-likeness (QED) is 0.664. The first-order valence-corrected chi connectivity index (χ1v) is 9.14. The van der Waals surface area contributed by atoms with Crippen molar-refractivity contribution in [2.45, 2.75) is 19.0 Å². The van der Waals surface area contributed by atoms with Gasteiger partial charge in [0, 0.05) is 29.4 Å². The van der Waals surface area contributed by atoms with Crippen LogP contribution in [-0.2, 0) is 11.0 Å². The topological polar surface area (TPSA) is 54.9 Å². The predicted molar refractivity (Wildman–Crippen MR) is 97.1 cm³/mol. The molecule has 1 N–H and O–H groups in total. The van der Waals surface area contributed by atoms with Crippen molar-refractivity contribution >= 4 is 22.4 Å². The SMILES string of the molecule is O=C(Nc1ncc(-c2cccnc2-c2ccccc2C(F)(F)F)s1)C1CC1. The Morgan fingerprint density at radius 2 is 1.81 bits per heavy atom. The van der Waals surface area contributed by atoms with Crippen molar-refractivity contribution in [1.82, 2.24) is 9.97 Å². The summed E-state index contributed by atoms with van der Waals surface area (Å²) in [4.78, 5) is 20.9. The number of amides is 1. The van der Waals surface area contributed by atoms with Gasteiger partial charge in [0.15, 0.2) is 5.13 Å². The second-order valence-corrected chi connectivity index (χ2v) is 7.27. The van der Waals surface area contributed by atoms with Crippen LogP contribution in [0.1, 0.15) is 18.4 Å². The van der Waals surface area contributed by atoms with Gasteiger partial charge in [-0.25, -0.2) is 4.98 Å². The number of carbonyl (C=O) groups excluding carboxylic acids is 1. The van der Waals surface area contributed by atoms with Crippen molar-refractivity contribution in [3.05, 3.63) is 54.4 Å². The molecule has 4 nitrogen and oxygen atoms in total. The third-order valence-electron chi connectivity index (χ3n) is 4.24. The summed E-state index contributed by atoms with van der Waals surface area (Å²) >= 11 is 1.22. The van der Waals surface area contributed by atoms with E-state index in [1.165, 1.54) is 29.7 Å². The van der Waals surface area contributed by atoms with Crippen LogP contribution in [0.3, 0.4) is 0 Å². The maximum atomic E-state index is 13.4. The number of halogens is 3. The molecule has 1 amide bonds. The summed E-state index contributed by atoms with van der Waals surface area (Å²) in [5.74, 6) is -0.0188. The minimum Gasteiger partial charge on any atom is -0.302 e. The van der Waals surface area contributed by atoms with Gasteiger partial charge in [-0.05, 0) is 31.0 Å². The van der Waals surface area contributed by atoms with Gasteiger partial charge in [-0.3, -0.25) is 9.78 Å². The molecule has 1 aliphatic rings.